The minimum Gasteiger partial charge on any atom is -0.493 e. The van der Waals surface area contributed by atoms with Crippen LogP contribution >= 0.6 is 0 Å². The minimum absolute atomic E-state index is 0.673. The molecule has 0 radical (unpaired) electrons. The van der Waals surface area contributed by atoms with Crippen molar-refractivity contribution in [3.8, 4) is 5.75 Å². The quantitative estimate of drug-likeness (QED) is 0.881. The zero-order valence-electron chi connectivity index (χ0n) is 12.7. The Kier molecular flexibility index (Phi) is 3.76. The number of benzene rings is 1. The molecule has 1 N–H and O–H groups in total. The van der Waals surface area contributed by atoms with Crippen molar-refractivity contribution in [3.05, 3.63) is 29.3 Å². The van der Waals surface area contributed by atoms with Gasteiger partial charge in [-0.15, -0.1) is 0 Å². The molecule has 1 aliphatic heterocycles. The van der Waals surface area contributed by atoms with Gasteiger partial charge in [0.25, 0.3) is 0 Å². The maximum atomic E-state index is 11.1. The Morgan fingerprint density at radius 1 is 1.25 bits per heavy atom. The molecule has 3 rings (SSSR count). The smallest absolute Gasteiger partial charge is 0.128 e. The number of para-hydroxylation sites is 1. The van der Waals surface area contributed by atoms with E-state index in [0.717, 1.165) is 68.3 Å². The Bertz CT molecular complexity index is 470. The first-order chi connectivity index (χ1) is 9.60. The highest BCUT2D eigenvalue weighted by Crippen LogP contribution is 2.46. The summed E-state index contributed by atoms with van der Waals surface area (Å²) in [6.45, 7) is 5.37. The van der Waals surface area contributed by atoms with E-state index in [-0.39, 0.29) is 0 Å². The minimum atomic E-state index is -0.673. The molecule has 1 aromatic rings. The lowest BCUT2D eigenvalue weighted by Crippen LogP contribution is -2.33. The molecule has 1 heterocycles. The van der Waals surface area contributed by atoms with Crippen molar-refractivity contribution < 1.29 is 9.84 Å². The lowest BCUT2D eigenvalue weighted by molar-refractivity contribution is -0.0223. The van der Waals surface area contributed by atoms with E-state index in [0.29, 0.717) is 0 Å². The first-order valence-electron chi connectivity index (χ1n) is 8.08. The molecule has 0 aromatic heterocycles. The number of hydrogen-bond acceptors (Lipinski definition) is 2. The number of aliphatic hydroxyl groups is 1. The fraction of sp³-hybridized carbons (Fsp3) is 0.667. The highest BCUT2D eigenvalue weighted by Gasteiger charge is 2.38. The Balaban J connectivity index is 1.86. The largest absolute Gasteiger partial charge is 0.493 e. The van der Waals surface area contributed by atoms with E-state index < -0.39 is 5.60 Å². The number of rotatable bonds is 2. The molecule has 0 bridgehead atoms. The zero-order valence-corrected chi connectivity index (χ0v) is 12.7. The van der Waals surface area contributed by atoms with Gasteiger partial charge in [-0.1, -0.05) is 32.0 Å². The number of aryl methyl sites for hydroxylation is 1. The third kappa shape index (κ3) is 2.46. The lowest BCUT2D eigenvalue weighted by Gasteiger charge is -2.39. The molecule has 1 aromatic carbocycles. The molecule has 2 aliphatic rings. The van der Waals surface area contributed by atoms with Gasteiger partial charge >= 0.3 is 0 Å². The van der Waals surface area contributed by atoms with Gasteiger partial charge in [-0.2, -0.15) is 0 Å². The molecule has 20 heavy (non-hydrogen) atoms. The van der Waals surface area contributed by atoms with Crippen LogP contribution in [0.5, 0.6) is 5.75 Å². The molecule has 0 unspecified atom stereocenters. The fourth-order valence-corrected chi connectivity index (χ4v) is 3.81. The van der Waals surface area contributed by atoms with Gasteiger partial charge in [-0.3, -0.25) is 0 Å². The van der Waals surface area contributed by atoms with Crippen molar-refractivity contribution in [2.45, 2.75) is 58.0 Å². The molecular weight excluding hydrogens is 248 g/mol. The van der Waals surface area contributed by atoms with Gasteiger partial charge in [0.15, 0.2) is 0 Å². The second kappa shape index (κ2) is 5.40. The predicted octanol–water partition coefficient (Wildman–Crippen LogP) is 4.05. The van der Waals surface area contributed by atoms with E-state index in [1.165, 1.54) is 5.56 Å². The van der Waals surface area contributed by atoms with Gasteiger partial charge < -0.3 is 9.84 Å². The summed E-state index contributed by atoms with van der Waals surface area (Å²) in [5, 5.41) is 11.1. The molecule has 2 nitrogen and oxygen atoms in total. The normalized spacial score (nSPS) is 29.9. The molecule has 0 saturated heterocycles. The van der Waals surface area contributed by atoms with Crippen LogP contribution in [0.15, 0.2) is 18.2 Å². The first kappa shape index (κ1) is 13.9. The maximum Gasteiger partial charge on any atom is 0.128 e. The van der Waals surface area contributed by atoms with Crippen molar-refractivity contribution in [2.24, 2.45) is 11.8 Å². The second-order valence-corrected chi connectivity index (χ2v) is 6.86. The third-order valence-electron chi connectivity index (χ3n) is 5.24. The Morgan fingerprint density at radius 3 is 2.70 bits per heavy atom. The Labute approximate surface area is 122 Å². The first-order valence-corrected chi connectivity index (χ1v) is 8.08. The van der Waals surface area contributed by atoms with Gasteiger partial charge in [-0.05, 0) is 55.9 Å². The van der Waals surface area contributed by atoms with Crippen molar-refractivity contribution in [3.63, 3.8) is 0 Å². The van der Waals surface area contributed by atoms with Crippen LogP contribution in [-0.4, -0.2) is 11.7 Å². The zero-order chi connectivity index (χ0) is 14.2. The molecule has 2 heteroatoms. The van der Waals surface area contributed by atoms with Crippen molar-refractivity contribution in [1.82, 2.24) is 0 Å². The SMILES string of the molecule is CC(C)C1CCC(O)(c2cccc3c2OCCC3)CC1. The third-order valence-corrected chi connectivity index (χ3v) is 5.24. The predicted molar refractivity (Wildman–Crippen MR) is 81.0 cm³/mol. The fourth-order valence-electron chi connectivity index (χ4n) is 3.81. The number of hydrogen-bond donors (Lipinski definition) is 1. The van der Waals surface area contributed by atoms with Crippen LogP contribution in [-0.2, 0) is 12.0 Å². The van der Waals surface area contributed by atoms with Crippen LogP contribution in [0.3, 0.4) is 0 Å². The van der Waals surface area contributed by atoms with E-state index >= 15 is 0 Å². The van der Waals surface area contributed by atoms with Gasteiger partial charge in [0.05, 0.1) is 12.2 Å². The van der Waals surface area contributed by atoms with Crippen LogP contribution in [0.1, 0.15) is 57.1 Å². The highest BCUT2D eigenvalue weighted by atomic mass is 16.5. The molecule has 1 saturated carbocycles. The van der Waals surface area contributed by atoms with E-state index in [1.807, 2.05) is 0 Å². The summed E-state index contributed by atoms with van der Waals surface area (Å²) in [4.78, 5) is 0. The van der Waals surface area contributed by atoms with Crippen molar-refractivity contribution in [2.75, 3.05) is 6.61 Å². The average molecular weight is 274 g/mol. The van der Waals surface area contributed by atoms with Crippen molar-refractivity contribution >= 4 is 0 Å². The molecule has 1 aliphatic carbocycles. The molecular formula is C18H26O2. The summed E-state index contributed by atoms with van der Waals surface area (Å²) in [5.74, 6) is 2.46. The van der Waals surface area contributed by atoms with E-state index in [2.05, 4.69) is 32.0 Å². The Morgan fingerprint density at radius 2 is 2.00 bits per heavy atom. The second-order valence-electron chi connectivity index (χ2n) is 6.86. The van der Waals surface area contributed by atoms with Gasteiger partial charge in [0.2, 0.25) is 0 Å². The average Bonchev–Trinajstić information content (AvgIpc) is 2.47. The standard InChI is InChI=1S/C18H26O2/c1-13(2)14-8-10-18(19,11-9-14)16-7-3-5-15-6-4-12-20-17(15)16/h3,5,7,13-14,19H,4,6,8-12H2,1-2H3. The van der Waals surface area contributed by atoms with Gasteiger partial charge in [0.1, 0.15) is 5.75 Å². The molecule has 0 atom stereocenters. The van der Waals surface area contributed by atoms with E-state index in [9.17, 15) is 5.11 Å². The molecule has 1 fully saturated rings. The molecule has 0 amide bonds. The lowest BCUT2D eigenvalue weighted by atomic mass is 9.71. The maximum absolute atomic E-state index is 11.1. The highest BCUT2D eigenvalue weighted by molar-refractivity contribution is 5.46. The topological polar surface area (TPSA) is 29.5 Å². The summed E-state index contributed by atoms with van der Waals surface area (Å²) in [6.07, 6.45) is 6.15. The van der Waals surface area contributed by atoms with Crippen LogP contribution in [0.2, 0.25) is 0 Å². The monoisotopic (exact) mass is 274 g/mol. The Hall–Kier alpha value is -1.02. The summed E-state index contributed by atoms with van der Waals surface area (Å²) < 4.78 is 5.89. The van der Waals surface area contributed by atoms with E-state index in [1.54, 1.807) is 0 Å². The summed E-state index contributed by atoms with van der Waals surface area (Å²) in [7, 11) is 0. The molecule has 110 valence electrons. The number of fused-ring (bicyclic) bond motifs is 1. The van der Waals surface area contributed by atoms with Crippen LogP contribution in [0.25, 0.3) is 0 Å². The summed E-state index contributed by atoms with van der Waals surface area (Å²) >= 11 is 0. The molecule has 0 spiro atoms. The van der Waals surface area contributed by atoms with E-state index in [4.69, 9.17) is 4.74 Å². The number of ether oxygens (including phenoxy) is 1. The summed E-state index contributed by atoms with van der Waals surface area (Å²) in [6, 6.07) is 6.29. The van der Waals surface area contributed by atoms with Crippen LogP contribution in [0.4, 0.5) is 0 Å². The van der Waals surface area contributed by atoms with Crippen molar-refractivity contribution in [1.29, 1.82) is 0 Å². The van der Waals surface area contributed by atoms with Crippen LogP contribution < -0.4 is 4.74 Å². The van der Waals surface area contributed by atoms with Crippen LogP contribution in [0, 0.1) is 11.8 Å². The summed E-state index contributed by atoms with van der Waals surface area (Å²) in [5.41, 5.74) is 1.64. The van der Waals surface area contributed by atoms with Gasteiger partial charge in [-0.25, -0.2) is 0 Å². The van der Waals surface area contributed by atoms with Gasteiger partial charge in [0, 0.05) is 5.56 Å².